The second-order valence-corrected chi connectivity index (χ2v) is 16.2. The van der Waals surface area contributed by atoms with Crippen LogP contribution < -0.4 is 0 Å². The summed E-state index contributed by atoms with van der Waals surface area (Å²) in [7, 11) is 0. The smallest absolute Gasteiger partial charge is 0.326 e. The molecule has 0 aromatic carbocycles. The molecule has 0 aliphatic carbocycles. The Morgan fingerprint density at radius 3 is 1.94 bits per heavy atom. The van der Waals surface area contributed by atoms with Crippen LogP contribution in [-0.2, 0) is 4.79 Å². The van der Waals surface area contributed by atoms with E-state index in [1.54, 1.807) is 4.44 Å². The third-order valence-electron chi connectivity index (χ3n) is 2.28. The number of thiol groups is 2. The van der Waals surface area contributed by atoms with E-state index < -0.39 is 30.3 Å². The molecule has 0 aromatic rings. The number of carboxylic acid groups (broad SMARTS) is 1. The molecule has 0 bridgehead atoms. The van der Waals surface area contributed by atoms with E-state index in [0.29, 0.717) is 0 Å². The Morgan fingerprint density at radius 2 is 1.65 bits per heavy atom. The summed E-state index contributed by atoms with van der Waals surface area (Å²) in [5.74, 6) is -0.0979. The third-order valence-corrected chi connectivity index (χ3v) is 7.19. The van der Waals surface area contributed by atoms with Crippen molar-refractivity contribution in [2.24, 2.45) is 5.92 Å². The van der Waals surface area contributed by atoms with E-state index >= 15 is 0 Å². The average Bonchev–Trinajstić information content (AvgIpc) is 2.17. The minimum atomic E-state index is -1.01. The van der Waals surface area contributed by atoms with Gasteiger partial charge in [0.05, 0.1) is 0 Å². The molecule has 104 valence electrons. The maximum absolute atomic E-state index is 9.55. The van der Waals surface area contributed by atoms with Gasteiger partial charge in [0.2, 0.25) is 0 Å². The van der Waals surface area contributed by atoms with E-state index in [1.165, 1.54) is 25.7 Å². The van der Waals surface area contributed by atoms with Crippen molar-refractivity contribution < 1.29 is 9.90 Å². The molecule has 0 spiro atoms. The SMILES string of the molecule is CC(C)CCCC[CH2][SnH]([CH3])[CH3].O=C(O)C(S)S. The molecule has 0 heterocycles. The summed E-state index contributed by atoms with van der Waals surface area (Å²) >= 11 is 6.10. The fourth-order valence-corrected chi connectivity index (χ4v) is 4.44. The Bertz CT molecular complexity index is 175. The first-order chi connectivity index (χ1) is 7.77. The van der Waals surface area contributed by atoms with Gasteiger partial charge < -0.3 is 5.11 Å². The fraction of sp³-hybridized carbons (Fsp3) is 0.917. The Balaban J connectivity index is 0. The van der Waals surface area contributed by atoms with Crippen LogP contribution in [0.15, 0.2) is 0 Å². The van der Waals surface area contributed by atoms with Crippen LogP contribution in [0.4, 0.5) is 0 Å². The molecular formula is C12H28O2S2Sn. The molecular weight excluding hydrogens is 359 g/mol. The minimum Gasteiger partial charge on any atom is -0.480 e. The molecule has 0 unspecified atom stereocenters. The van der Waals surface area contributed by atoms with Gasteiger partial charge in [-0.3, -0.25) is 4.79 Å². The fourth-order valence-electron chi connectivity index (χ4n) is 1.28. The van der Waals surface area contributed by atoms with Crippen LogP contribution >= 0.6 is 25.3 Å². The summed E-state index contributed by atoms with van der Waals surface area (Å²) in [5, 5.41) is 7.84. The quantitative estimate of drug-likeness (QED) is 0.268. The molecule has 0 aliphatic heterocycles. The Kier molecular flexibility index (Phi) is 16.0. The zero-order valence-electron chi connectivity index (χ0n) is 11.5. The van der Waals surface area contributed by atoms with Crippen molar-refractivity contribution in [3.63, 3.8) is 0 Å². The van der Waals surface area contributed by atoms with Gasteiger partial charge in [-0.25, -0.2) is 0 Å². The average molecular weight is 387 g/mol. The second kappa shape index (κ2) is 13.4. The van der Waals surface area contributed by atoms with Crippen LogP contribution in [0.5, 0.6) is 0 Å². The number of carboxylic acids is 1. The first kappa shape index (κ1) is 20.3. The molecule has 17 heavy (non-hydrogen) atoms. The van der Waals surface area contributed by atoms with Crippen LogP contribution in [-0.4, -0.2) is 35.4 Å². The van der Waals surface area contributed by atoms with Gasteiger partial charge in [-0.15, -0.1) is 0 Å². The van der Waals surface area contributed by atoms with Crippen LogP contribution in [0.1, 0.15) is 39.5 Å². The van der Waals surface area contributed by atoms with Crippen molar-refractivity contribution in [1.82, 2.24) is 0 Å². The summed E-state index contributed by atoms with van der Waals surface area (Å²) in [6.45, 7) is 4.64. The molecule has 1 N–H and O–H groups in total. The number of hydrogen-bond donors (Lipinski definition) is 3. The van der Waals surface area contributed by atoms with Gasteiger partial charge in [0.15, 0.2) is 0 Å². The van der Waals surface area contributed by atoms with E-state index in [0.717, 1.165) is 5.92 Å². The van der Waals surface area contributed by atoms with Crippen molar-refractivity contribution in [1.29, 1.82) is 0 Å². The van der Waals surface area contributed by atoms with Crippen LogP contribution in [0.3, 0.4) is 0 Å². The van der Waals surface area contributed by atoms with E-state index in [9.17, 15) is 4.79 Å². The van der Waals surface area contributed by atoms with Crippen molar-refractivity contribution in [3.8, 4) is 0 Å². The third kappa shape index (κ3) is 22.6. The van der Waals surface area contributed by atoms with Crippen molar-refractivity contribution in [2.75, 3.05) is 0 Å². The molecule has 0 saturated heterocycles. The van der Waals surface area contributed by atoms with Crippen molar-refractivity contribution in [2.45, 2.75) is 58.4 Å². The summed E-state index contributed by atoms with van der Waals surface area (Å²) < 4.78 is 0.782. The minimum absolute atomic E-state index is 0.819. The van der Waals surface area contributed by atoms with E-state index in [1.807, 2.05) is 0 Å². The predicted octanol–water partition coefficient (Wildman–Crippen LogP) is 3.95. The zero-order chi connectivity index (χ0) is 13.8. The Hall–Kier alpha value is 0.969. The maximum Gasteiger partial charge on any atom is 0.326 e. The molecule has 0 aromatic heterocycles. The van der Waals surface area contributed by atoms with Gasteiger partial charge in [0.1, 0.15) is 4.58 Å². The van der Waals surface area contributed by atoms with Gasteiger partial charge in [0.25, 0.3) is 0 Å². The molecule has 0 saturated carbocycles. The molecule has 0 amide bonds. The van der Waals surface area contributed by atoms with Gasteiger partial charge in [-0.1, -0.05) is 0 Å². The molecule has 0 rings (SSSR count). The zero-order valence-corrected chi connectivity index (χ0v) is 16.6. The largest absolute Gasteiger partial charge is 0.480 e. The number of hydrogen-bond acceptors (Lipinski definition) is 3. The molecule has 0 radical (unpaired) electrons. The van der Waals surface area contributed by atoms with Crippen molar-refractivity contribution >= 4 is 51.0 Å². The van der Waals surface area contributed by atoms with Crippen LogP contribution in [0.25, 0.3) is 0 Å². The van der Waals surface area contributed by atoms with Gasteiger partial charge in [0, 0.05) is 0 Å². The normalized spacial score (nSPS) is 10.6. The summed E-state index contributed by atoms with van der Waals surface area (Å²) in [4.78, 5) is 14.6. The first-order valence-electron chi connectivity index (χ1n) is 6.36. The molecule has 0 fully saturated rings. The maximum atomic E-state index is 9.55. The predicted molar refractivity (Wildman–Crippen MR) is 86.4 cm³/mol. The standard InChI is InChI=1S/C8H17.C2H4O2S2.2CH3.Sn.H/c1-4-5-6-7-8(2)3;3-1(4)2(5)6;;;;/h8H,1,4-7H2,2-3H3;2,5-6H,(H,3,4);2*1H3;;. The molecule has 2 nitrogen and oxygen atoms in total. The molecule has 0 atom stereocenters. The van der Waals surface area contributed by atoms with Gasteiger partial charge >= 0.3 is 85.5 Å². The number of carbonyl (C=O) groups is 1. The van der Waals surface area contributed by atoms with Gasteiger partial charge in [-0.05, 0) is 0 Å². The number of unbranched alkanes of at least 4 members (excludes halogenated alkanes) is 2. The number of aliphatic carboxylic acids is 1. The molecule has 5 heteroatoms. The van der Waals surface area contributed by atoms with E-state index in [2.05, 4.69) is 49.0 Å². The Labute approximate surface area is 125 Å². The summed E-state index contributed by atoms with van der Waals surface area (Å²) in [5.41, 5.74) is 0. The van der Waals surface area contributed by atoms with E-state index in [-0.39, 0.29) is 0 Å². The van der Waals surface area contributed by atoms with Crippen LogP contribution in [0.2, 0.25) is 14.3 Å². The van der Waals surface area contributed by atoms with Crippen LogP contribution in [0, 0.1) is 5.92 Å². The number of rotatable bonds is 7. The van der Waals surface area contributed by atoms with Crippen molar-refractivity contribution in [3.05, 3.63) is 0 Å². The monoisotopic (exact) mass is 388 g/mol. The Morgan fingerprint density at radius 1 is 1.18 bits per heavy atom. The molecule has 0 aliphatic rings. The second-order valence-electron chi connectivity index (χ2n) is 5.14. The topological polar surface area (TPSA) is 37.3 Å². The van der Waals surface area contributed by atoms with E-state index in [4.69, 9.17) is 5.11 Å². The summed E-state index contributed by atoms with van der Waals surface area (Å²) in [6, 6.07) is 0. The van der Waals surface area contributed by atoms with Gasteiger partial charge in [-0.2, -0.15) is 25.3 Å². The first-order valence-corrected chi connectivity index (χ1v) is 16.3. The summed E-state index contributed by atoms with van der Waals surface area (Å²) in [6.07, 6.45) is 5.93.